The molecule has 3 aromatic rings. The van der Waals surface area contributed by atoms with Crippen LogP contribution in [-0.4, -0.2) is 46.9 Å². The van der Waals surface area contributed by atoms with Crippen LogP contribution >= 0.6 is 11.3 Å². The first-order chi connectivity index (χ1) is 13.1. The van der Waals surface area contributed by atoms with Crippen LogP contribution in [0.2, 0.25) is 0 Å². The summed E-state index contributed by atoms with van der Waals surface area (Å²) in [4.78, 5) is 21.3. The fourth-order valence-electron chi connectivity index (χ4n) is 3.23. The van der Waals surface area contributed by atoms with Gasteiger partial charge in [-0.05, 0) is 31.2 Å². The SMILES string of the molecule is Cc1nc(CN2CCN(C(=O)c3ccc(-c4ccccc4F)o3)CC2)cs1. The van der Waals surface area contributed by atoms with Crippen LogP contribution in [0.5, 0.6) is 0 Å². The maximum atomic E-state index is 13.9. The Hall–Kier alpha value is -2.51. The van der Waals surface area contributed by atoms with Crippen LogP contribution in [0, 0.1) is 12.7 Å². The van der Waals surface area contributed by atoms with Gasteiger partial charge in [0, 0.05) is 38.1 Å². The Kier molecular flexibility index (Phi) is 5.05. The molecule has 2 aromatic heterocycles. The van der Waals surface area contributed by atoms with E-state index in [4.69, 9.17) is 4.42 Å². The van der Waals surface area contributed by atoms with Gasteiger partial charge in [-0.25, -0.2) is 9.37 Å². The average molecular weight is 385 g/mol. The molecule has 5 nitrogen and oxygen atoms in total. The highest BCUT2D eigenvalue weighted by molar-refractivity contribution is 7.09. The molecule has 0 bridgehead atoms. The maximum Gasteiger partial charge on any atom is 0.289 e. The minimum absolute atomic E-state index is 0.151. The summed E-state index contributed by atoms with van der Waals surface area (Å²) >= 11 is 1.66. The van der Waals surface area contributed by atoms with E-state index < -0.39 is 0 Å². The van der Waals surface area contributed by atoms with Crippen molar-refractivity contribution < 1.29 is 13.6 Å². The fourth-order valence-corrected chi connectivity index (χ4v) is 3.84. The molecule has 0 atom stereocenters. The number of aromatic nitrogens is 1. The Balaban J connectivity index is 1.38. The molecule has 1 saturated heterocycles. The Morgan fingerprint density at radius 2 is 1.96 bits per heavy atom. The molecule has 0 spiro atoms. The van der Waals surface area contributed by atoms with Gasteiger partial charge in [0.2, 0.25) is 0 Å². The van der Waals surface area contributed by atoms with E-state index in [1.54, 1.807) is 46.6 Å². The molecule has 0 saturated carbocycles. The normalized spacial score (nSPS) is 15.3. The molecule has 1 aliphatic rings. The number of amides is 1. The Bertz CT molecular complexity index is 944. The zero-order chi connectivity index (χ0) is 18.8. The summed E-state index contributed by atoms with van der Waals surface area (Å²) in [5, 5.41) is 3.15. The van der Waals surface area contributed by atoms with E-state index in [-0.39, 0.29) is 17.5 Å². The second-order valence-electron chi connectivity index (χ2n) is 6.57. The highest BCUT2D eigenvalue weighted by atomic mass is 32.1. The van der Waals surface area contributed by atoms with Crippen LogP contribution in [0.4, 0.5) is 4.39 Å². The van der Waals surface area contributed by atoms with Crippen molar-refractivity contribution in [2.45, 2.75) is 13.5 Å². The summed E-state index contributed by atoms with van der Waals surface area (Å²) in [7, 11) is 0. The van der Waals surface area contributed by atoms with Gasteiger partial charge >= 0.3 is 0 Å². The summed E-state index contributed by atoms with van der Waals surface area (Å²) in [6.07, 6.45) is 0. The van der Waals surface area contributed by atoms with Gasteiger partial charge in [0.15, 0.2) is 5.76 Å². The van der Waals surface area contributed by atoms with Crippen molar-refractivity contribution >= 4 is 17.2 Å². The van der Waals surface area contributed by atoms with E-state index in [1.807, 2.05) is 6.92 Å². The summed E-state index contributed by atoms with van der Waals surface area (Å²) in [5.74, 6) is 0.101. The molecule has 1 aromatic carbocycles. The lowest BCUT2D eigenvalue weighted by Crippen LogP contribution is -2.48. The van der Waals surface area contributed by atoms with Gasteiger partial charge in [-0.3, -0.25) is 9.69 Å². The highest BCUT2D eigenvalue weighted by Gasteiger charge is 2.25. The molecular weight excluding hydrogens is 365 g/mol. The number of nitrogens with zero attached hydrogens (tertiary/aromatic N) is 3. The topological polar surface area (TPSA) is 49.6 Å². The third-order valence-electron chi connectivity index (χ3n) is 4.67. The molecule has 0 N–H and O–H groups in total. The van der Waals surface area contributed by atoms with E-state index in [2.05, 4.69) is 15.3 Å². The van der Waals surface area contributed by atoms with Gasteiger partial charge in [0.1, 0.15) is 11.6 Å². The van der Waals surface area contributed by atoms with Crippen molar-refractivity contribution in [3.8, 4) is 11.3 Å². The highest BCUT2D eigenvalue weighted by Crippen LogP contribution is 2.25. The number of rotatable bonds is 4. The number of carbonyl (C=O) groups excluding carboxylic acids is 1. The van der Waals surface area contributed by atoms with E-state index in [0.717, 1.165) is 30.3 Å². The van der Waals surface area contributed by atoms with Gasteiger partial charge in [-0.15, -0.1) is 11.3 Å². The van der Waals surface area contributed by atoms with Crippen LogP contribution in [-0.2, 0) is 6.54 Å². The summed E-state index contributed by atoms with van der Waals surface area (Å²) in [5.41, 5.74) is 1.44. The third-order valence-corrected chi connectivity index (χ3v) is 5.49. The minimum Gasteiger partial charge on any atom is -0.451 e. The average Bonchev–Trinajstić information content (AvgIpc) is 3.31. The lowest BCUT2D eigenvalue weighted by atomic mass is 10.1. The molecule has 0 radical (unpaired) electrons. The van der Waals surface area contributed by atoms with E-state index in [1.165, 1.54) is 6.07 Å². The van der Waals surface area contributed by atoms with Crippen LogP contribution in [0.15, 0.2) is 46.2 Å². The number of piperazine rings is 1. The third kappa shape index (κ3) is 3.94. The van der Waals surface area contributed by atoms with Gasteiger partial charge in [0.05, 0.1) is 16.3 Å². The van der Waals surface area contributed by atoms with E-state index >= 15 is 0 Å². The lowest BCUT2D eigenvalue weighted by Gasteiger charge is -2.33. The number of halogens is 1. The molecule has 7 heteroatoms. The molecule has 0 unspecified atom stereocenters. The maximum absolute atomic E-state index is 13.9. The van der Waals surface area contributed by atoms with Gasteiger partial charge in [-0.1, -0.05) is 12.1 Å². The van der Waals surface area contributed by atoms with Gasteiger partial charge in [0.25, 0.3) is 5.91 Å². The van der Waals surface area contributed by atoms with Crippen molar-refractivity contribution in [2.75, 3.05) is 26.2 Å². The molecule has 1 fully saturated rings. The number of aryl methyl sites for hydroxylation is 1. The first kappa shape index (κ1) is 17.9. The van der Waals surface area contributed by atoms with Crippen molar-refractivity contribution in [2.24, 2.45) is 0 Å². The van der Waals surface area contributed by atoms with Gasteiger partial charge < -0.3 is 9.32 Å². The van der Waals surface area contributed by atoms with Crippen molar-refractivity contribution in [3.63, 3.8) is 0 Å². The Labute approximate surface area is 161 Å². The van der Waals surface area contributed by atoms with E-state index in [0.29, 0.717) is 24.4 Å². The quantitative estimate of drug-likeness (QED) is 0.685. The fraction of sp³-hybridized carbons (Fsp3) is 0.300. The number of carbonyl (C=O) groups is 1. The molecule has 1 aliphatic heterocycles. The number of hydrogen-bond acceptors (Lipinski definition) is 5. The van der Waals surface area contributed by atoms with Crippen LogP contribution in [0.25, 0.3) is 11.3 Å². The molecular formula is C20H20FN3O2S. The number of thiazole rings is 1. The standard InChI is InChI=1S/C20H20FN3O2S/c1-14-22-15(13-27-14)12-23-8-10-24(11-9-23)20(25)19-7-6-18(26-19)16-4-2-3-5-17(16)21/h2-7,13H,8-12H2,1H3. The lowest BCUT2D eigenvalue weighted by molar-refractivity contribution is 0.0597. The summed E-state index contributed by atoms with van der Waals surface area (Å²) in [6, 6.07) is 9.65. The molecule has 0 aliphatic carbocycles. The molecule has 4 rings (SSSR count). The zero-order valence-corrected chi connectivity index (χ0v) is 15.8. The first-order valence-electron chi connectivity index (χ1n) is 8.87. The smallest absolute Gasteiger partial charge is 0.289 e. The second kappa shape index (κ2) is 7.62. The number of furan rings is 1. The monoisotopic (exact) mass is 385 g/mol. The zero-order valence-electron chi connectivity index (χ0n) is 15.0. The van der Waals surface area contributed by atoms with Crippen LogP contribution in [0.3, 0.4) is 0 Å². The number of hydrogen-bond donors (Lipinski definition) is 0. The van der Waals surface area contributed by atoms with Crippen molar-refractivity contribution in [3.05, 3.63) is 64.1 Å². The van der Waals surface area contributed by atoms with E-state index in [9.17, 15) is 9.18 Å². The first-order valence-corrected chi connectivity index (χ1v) is 9.75. The summed E-state index contributed by atoms with van der Waals surface area (Å²) in [6.45, 7) is 5.68. The Morgan fingerprint density at radius 1 is 1.19 bits per heavy atom. The predicted octanol–water partition coefficient (Wildman–Crippen LogP) is 3.81. The summed E-state index contributed by atoms with van der Waals surface area (Å²) < 4.78 is 19.5. The largest absolute Gasteiger partial charge is 0.451 e. The molecule has 3 heterocycles. The minimum atomic E-state index is -0.364. The Morgan fingerprint density at radius 3 is 2.67 bits per heavy atom. The number of benzene rings is 1. The molecule has 27 heavy (non-hydrogen) atoms. The molecule has 1 amide bonds. The second-order valence-corrected chi connectivity index (χ2v) is 7.63. The molecule has 140 valence electrons. The predicted molar refractivity (Wildman–Crippen MR) is 102 cm³/mol. The van der Waals surface area contributed by atoms with Gasteiger partial charge in [-0.2, -0.15) is 0 Å². The van der Waals surface area contributed by atoms with Crippen LogP contribution in [0.1, 0.15) is 21.3 Å². The van der Waals surface area contributed by atoms with Crippen LogP contribution < -0.4 is 0 Å². The van der Waals surface area contributed by atoms with Crippen molar-refractivity contribution in [1.29, 1.82) is 0 Å². The van der Waals surface area contributed by atoms with Crippen molar-refractivity contribution in [1.82, 2.24) is 14.8 Å².